The fourth-order valence-corrected chi connectivity index (χ4v) is 2.39. The van der Waals surface area contributed by atoms with Gasteiger partial charge in [-0.25, -0.2) is 4.39 Å². The molecule has 1 aromatic heterocycles. The van der Waals surface area contributed by atoms with Crippen LogP contribution in [0.25, 0.3) is 11.0 Å². The van der Waals surface area contributed by atoms with E-state index in [0.29, 0.717) is 0 Å². The average molecular weight is 233 g/mol. The van der Waals surface area contributed by atoms with Crippen LogP contribution in [-0.4, -0.2) is 0 Å². The zero-order valence-corrected chi connectivity index (χ0v) is 9.87. The highest BCUT2D eigenvalue weighted by molar-refractivity contribution is 5.82. The molecule has 1 aliphatic carbocycles. The second-order valence-corrected chi connectivity index (χ2v) is 5.02. The van der Waals surface area contributed by atoms with Crippen LogP contribution in [0.1, 0.15) is 36.6 Å². The number of halogens is 1. The normalized spacial score (nSPS) is 17.6. The Hall–Kier alpha value is -1.35. The van der Waals surface area contributed by atoms with E-state index in [9.17, 15) is 4.39 Å². The van der Waals surface area contributed by atoms with Gasteiger partial charge in [-0.3, -0.25) is 0 Å². The Balaban J connectivity index is 2.00. The van der Waals surface area contributed by atoms with Crippen molar-refractivity contribution in [1.29, 1.82) is 0 Å². The molecule has 17 heavy (non-hydrogen) atoms. The highest BCUT2D eigenvalue weighted by Crippen LogP contribution is 2.39. The molecule has 90 valence electrons. The molecule has 2 N–H and O–H groups in total. The first-order chi connectivity index (χ1) is 8.15. The summed E-state index contributed by atoms with van der Waals surface area (Å²) in [6.07, 6.45) is 3.53. The Bertz CT molecular complexity index is 557. The maximum absolute atomic E-state index is 13.2. The molecule has 1 aliphatic rings. The van der Waals surface area contributed by atoms with Crippen molar-refractivity contribution in [2.45, 2.75) is 32.2 Å². The molecule has 1 fully saturated rings. The lowest BCUT2D eigenvalue weighted by atomic mass is 10.0. The summed E-state index contributed by atoms with van der Waals surface area (Å²) in [5.41, 5.74) is 7.86. The van der Waals surface area contributed by atoms with Gasteiger partial charge in [0, 0.05) is 10.9 Å². The van der Waals surface area contributed by atoms with Crippen molar-refractivity contribution in [1.82, 2.24) is 0 Å². The summed E-state index contributed by atoms with van der Waals surface area (Å²) in [7, 11) is 0. The summed E-state index contributed by atoms with van der Waals surface area (Å²) in [5, 5.41) is 0.839. The van der Waals surface area contributed by atoms with Crippen molar-refractivity contribution >= 4 is 11.0 Å². The van der Waals surface area contributed by atoms with Crippen LogP contribution in [0.15, 0.2) is 22.6 Å². The van der Waals surface area contributed by atoms with Gasteiger partial charge in [0.25, 0.3) is 0 Å². The van der Waals surface area contributed by atoms with Gasteiger partial charge in [0.2, 0.25) is 0 Å². The quantitative estimate of drug-likeness (QED) is 0.878. The largest absolute Gasteiger partial charge is 0.459 e. The molecule has 2 aromatic rings. The van der Waals surface area contributed by atoms with Gasteiger partial charge in [0.15, 0.2) is 0 Å². The Morgan fingerprint density at radius 2 is 2.24 bits per heavy atom. The highest BCUT2D eigenvalue weighted by Gasteiger charge is 2.27. The molecule has 3 heteroatoms. The summed E-state index contributed by atoms with van der Waals surface area (Å²) < 4.78 is 18.9. The number of rotatable bonds is 3. The van der Waals surface area contributed by atoms with E-state index in [1.807, 2.05) is 6.92 Å². The summed E-state index contributed by atoms with van der Waals surface area (Å²) >= 11 is 0. The minimum absolute atomic E-state index is 0.0574. The molecule has 0 bridgehead atoms. The van der Waals surface area contributed by atoms with E-state index in [2.05, 4.69) is 0 Å². The maximum Gasteiger partial charge on any atom is 0.134 e. The SMILES string of the molecule is Cc1c(C(N)CC2CC2)oc2ccc(F)cc12. The van der Waals surface area contributed by atoms with Crippen molar-refractivity contribution in [2.75, 3.05) is 0 Å². The van der Waals surface area contributed by atoms with Crippen LogP contribution in [0.5, 0.6) is 0 Å². The van der Waals surface area contributed by atoms with Gasteiger partial charge in [-0.2, -0.15) is 0 Å². The summed E-state index contributed by atoms with van der Waals surface area (Å²) in [4.78, 5) is 0. The van der Waals surface area contributed by atoms with E-state index < -0.39 is 0 Å². The van der Waals surface area contributed by atoms with Crippen molar-refractivity contribution in [3.8, 4) is 0 Å². The summed E-state index contributed by atoms with van der Waals surface area (Å²) in [5.74, 6) is 1.34. The minimum Gasteiger partial charge on any atom is -0.459 e. The fourth-order valence-electron chi connectivity index (χ4n) is 2.39. The third-order valence-electron chi connectivity index (χ3n) is 3.56. The topological polar surface area (TPSA) is 39.2 Å². The first kappa shape index (κ1) is 10.8. The Labute approximate surface area is 99.6 Å². The van der Waals surface area contributed by atoms with Crippen LogP contribution in [-0.2, 0) is 0 Å². The maximum atomic E-state index is 13.2. The van der Waals surface area contributed by atoms with Crippen LogP contribution in [0.4, 0.5) is 4.39 Å². The molecule has 0 saturated heterocycles. The first-order valence-electron chi connectivity index (χ1n) is 6.09. The fraction of sp³-hybridized carbons (Fsp3) is 0.429. The number of hydrogen-bond donors (Lipinski definition) is 1. The van der Waals surface area contributed by atoms with E-state index in [1.165, 1.54) is 25.0 Å². The van der Waals surface area contributed by atoms with Crippen molar-refractivity contribution < 1.29 is 8.81 Å². The molecule has 2 nitrogen and oxygen atoms in total. The van der Waals surface area contributed by atoms with Gasteiger partial charge in [-0.15, -0.1) is 0 Å². The second kappa shape index (κ2) is 3.84. The molecule has 1 heterocycles. The van der Waals surface area contributed by atoms with Gasteiger partial charge in [-0.05, 0) is 37.5 Å². The Morgan fingerprint density at radius 1 is 1.47 bits per heavy atom. The van der Waals surface area contributed by atoms with E-state index in [0.717, 1.165) is 34.6 Å². The van der Waals surface area contributed by atoms with Gasteiger partial charge in [0.05, 0.1) is 6.04 Å². The van der Waals surface area contributed by atoms with E-state index in [4.69, 9.17) is 10.2 Å². The smallest absolute Gasteiger partial charge is 0.134 e. The standard InChI is InChI=1S/C14H16FNO/c1-8-11-7-10(15)4-5-13(11)17-14(8)12(16)6-9-2-3-9/h4-5,7,9,12H,2-3,6,16H2,1H3. The predicted octanol–water partition coefficient (Wildman–Crippen LogP) is 3.68. The van der Waals surface area contributed by atoms with Gasteiger partial charge < -0.3 is 10.2 Å². The molecular weight excluding hydrogens is 217 g/mol. The lowest BCUT2D eigenvalue weighted by Crippen LogP contribution is -2.11. The first-order valence-corrected chi connectivity index (χ1v) is 6.09. The van der Waals surface area contributed by atoms with E-state index >= 15 is 0 Å². The number of nitrogens with two attached hydrogens (primary N) is 1. The minimum atomic E-state index is -0.233. The number of aryl methyl sites for hydroxylation is 1. The van der Waals surface area contributed by atoms with Gasteiger partial charge >= 0.3 is 0 Å². The second-order valence-electron chi connectivity index (χ2n) is 5.02. The average Bonchev–Trinajstić information content (AvgIpc) is 3.04. The monoisotopic (exact) mass is 233 g/mol. The van der Waals surface area contributed by atoms with Crippen LogP contribution >= 0.6 is 0 Å². The van der Waals surface area contributed by atoms with Crippen molar-refractivity contribution in [3.05, 3.63) is 35.3 Å². The van der Waals surface area contributed by atoms with Crippen LogP contribution in [0.3, 0.4) is 0 Å². The lowest BCUT2D eigenvalue weighted by Gasteiger charge is -2.08. The molecule has 3 rings (SSSR count). The number of benzene rings is 1. The zero-order valence-electron chi connectivity index (χ0n) is 9.87. The molecule has 0 aliphatic heterocycles. The molecule has 1 atom stereocenters. The van der Waals surface area contributed by atoms with E-state index in [1.54, 1.807) is 6.07 Å². The van der Waals surface area contributed by atoms with Crippen LogP contribution in [0.2, 0.25) is 0 Å². The van der Waals surface area contributed by atoms with Crippen molar-refractivity contribution in [2.24, 2.45) is 11.7 Å². The molecule has 1 aromatic carbocycles. The molecule has 1 saturated carbocycles. The van der Waals surface area contributed by atoms with Crippen LogP contribution in [0, 0.1) is 18.7 Å². The number of furan rings is 1. The molecule has 0 spiro atoms. The third-order valence-corrected chi connectivity index (χ3v) is 3.56. The van der Waals surface area contributed by atoms with Gasteiger partial charge in [0.1, 0.15) is 17.2 Å². The lowest BCUT2D eigenvalue weighted by molar-refractivity contribution is 0.459. The Morgan fingerprint density at radius 3 is 2.94 bits per heavy atom. The summed E-state index contributed by atoms with van der Waals surface area (Å²) in [6, 6.07) is 4.55. The van der Waals surface area contributed by atoms with E-state index in [-0.39, 0.29) is 11.9 Å². The predicted molar refractivity (Wildman–Crippen MR) is 65.2 cm³/mol. The molecular formula is C14H16FNO. The number of hydrogen-bond acceptors (Lipinski definition) is 2. The molecule has 0 amide bonds. The molecule has 0 radical (unpaired) electrons. The van der Waals surface area contributed by atoms with Gasteiger partial charge in [-0.1, -0.05) is 12.8 Å². The number of fused-ring (bicyclic) bond motifs is 1. The third kappa shape index (κ3) is 1.95. The highest BCUT2D eigenvalue weighted by atomic mass is 19.1. The van der Waals surface area contributed by atoms with Crippen molar-refractivity contribution in [3.63, 3.8) is 0 Å². The molecule has 1 unspecified atom stereocenters. The zero-order chi connectivity index (χ0) is 12.0. The van der Waals surface area contributed by atoms with Crippen LogP contribution < -0.4 is 5.73 Å². The Kier molecular flexibility index (Phi) is 2.44. The summed E-state index contributed by atoms with van der Waals surface area (Å²) in [6.45, 7) is 1.95.